The van der Waals surface area contributed by atoms with Crippen molar-refractivity contribution in [3.63, 3.8) is 0 Å². The van der Waals surface area contributed by atoms with Gasteiger partial charge in [-0.05, 0) is 30.9 Å². The zero-order valence-electron chi connectivity index (χ0n) is 9.88. The molecule has 1 aromatic rings. The highest BCUT2D eigenvalue weighted by molar-refractivity contribution is 7.12. The Labute approximate surface area is 96.5 Å². The maximum absolute atomic E-state index is 11.6. The third-order valence-corrected chi connectivity index (χ3v) is 3.67. The highest BCUT2D eigenvalue weighted by Gasteiger charge is 2.07. The van der Waals surface area contributed by atoms with Gasteiger partial charge in [-0.15, -0.1) is 11.3 Å². The van der Waals surface area contributed by atoms with Crippen molar-refractivity contribution in [2.75, 3.05) is 0 Å². The summed E-state index contributed by atoms with van der Waals surface area (Å²) in [5.41, 5.74) is 0. The van der Waals surface area contributed by atoms with Crippen LogP contribution in [0.5, 0.6) is 0 Å². The smallest absolute Gasteiger partial charge is 0.138 e. The van der Waals surface area contributed by atoms with E-state index in [9.17, 15) is 4.79 Å². The highest BCUT2D eigenvalue weighted by atomic mass is 32.1. The molecule has 0 aliphatic carbocycles. The van der Waals surface area contributed by atoms with Crippen molar-refractivity contribution in [3.05, 3.63) is 21.9 Å². The normalized spacial score (nSPS) is 10.9. The lowest BCUT2D eigenvalue weighted by molar-refractivity contribution is -0.118. The van der Waals surface area contributed by atoms with Crippen molar-refractivity contribution >= 4 is 17.1 Å². The molecular weight excluding hydrogens is 204 g/mol. The van der Waals surface area contributed by atoms with E-state index in [4.69, 9.17) is 0 Å². The second-order valence-electron chi connectivity index (χ2n) is 4.37. The fraction of sp³-hybridized carbons (Fsp3) is 0.615. The average molecular weight is 224 g/mol. The molecule has 0 N–H and O–H groups in total. The summed E-state index contributed by atoms with van der Waals surface area (Å²) in [5, 5.41) is 0. The molecule has 0 aliphatic heterocycles. The van der Waals surface area contributed by atoms with Crippen LogP contribution in [-0.2, 0) is 17.6 Å². The largest absolute Gasteiger partial charge is 0.299 e. The Morgan fingerprint density at radius 3 is 2.53 bits per heavy atom. The van der Waals surface area contributed by atoms with Gasteiger partial charge in [0.1, 0.15) is 5.78 Å². The van der Waals surface area contributed by atoms with E-state index in [1.165, 1.54) is 9.75 Å². The van der Waals surface area contributed by atoms with Crippen molar-refractivity contribution < 1.29 is 4.79 Å². The van der Waals surface area contributed by atoms with Gasteiger partial charge in [-0.2, -0.15) is 0 Å². The van der Waals surface area contributed by atoms with Crippen molar-refractivity contribution in [3.8, 4) is 0 Å². The molecule has 15 heavy (non-hydrogen) atoms. The van der Waals surface area contributed by atoms with Gasteiger partial charge < -0.3 is 0 Å². The van der Waals surface area contributed by atoms with Gasteiger partial charge in [0.05, 0.1) is 0 Å². The minimum absolute atomic E-state index is 0.383. The van der Waals surface area contributed by atoms with Crippen molar-refractivity contribution in [1.29, 1.82) is 0 Å². The van der Waals surface area contributed by atoms with E-state index in [-0.39, 0.29) is 0 Å². The van der Waals surface area contributed by atoms with E-state index in [0.29, 0.717) is 18.1 Å². The molecular formula is C13H20OS. The molecule has 0 atom stereocenters. The molecule has 84 valence electrons. The fourth-order valence-electron chi connectivity index (χ4n) is 1.44. The molecule has 0 aromatic carbocycles. The number of thiophene rings is 1. The summed E-state index contributed by atoms with van der Waals surface area (Å²) >= 11 is 1.77. The second-order valence-corrected chi connectivity index (χ2v) is 5.62. The summed E-state index contributed by atoms with van der Waals surface area (Å²) in [4.78, 5) is 14.2. The molecule has 0 saturated heterocycles. The zero-order chi connectivity index (χ0) is 11.3. The Kier molecular flexibility index (Phi) is 5.03. The second kappa shape index (κ2) is 6.06. The summed E-state index contributed by atoms with van der Waals surface area (Å²) in [6.45, 7) is 6.47. The molecule has 0 fully saturated rings. The quantitative estimate of drug-likeness (QED) is 0.717. The molecule has 1 rings (SSSR count). The molecule has 0 spiro atoms. The molecule has 0 bridgehead atoms. The van der Waals surface area contributed by atoms with E-state index in [1.807, 2.05) is 0 Å². The van der Waals surface area contributed by atoms with Gasteiger partial charge in [0.25, 0.3) is 0 Å². The summed E-state index contributed by atoms with van der Waals surface area (Å²) in [6, 6.07) is 4.23. The van der Waals surface area contributed by atoms with Crippen LogP contribution in [0.15, 0.2) is 12.1 Å². The first-order valence-corrected chi connectivity index (χ1v) is 6.52. The Bertz CT molecular complexity index is 312. The molecule has 2 heteroatoms. The van der Waals surface area contributed by atoms with Gasteiger partial charge in [-0.25, -0.2) is 0 Å². The van der Waals surface area contributed by atoms with Crippen molar-refractivity contribution in [2.24, 2.45) is 5.92 Å². The minimum atomic E-state index is 0.383. The number of carbonyl (C=O) groups is 1. The number of ketones is 1. The predicted octanol–water partition coefficient (Wildman–Crippen LogP) is 3.86. The number of Topliss-reactive ketones (excluding diaryl/α,β-unsaturated/α-hetero) is 1. The highest BCUT2D eigenvalue weighted by Crippen LogP contribution is 2.18. The van der Waals surface area contributed by atoms with Crippen LogP contribution in [-0.4, -0.2) is 5.78 Å². The van der Waals surface area contributed by atoms with Gasteiger partial charge in [-0.3, -0.25) is 4.79 Å². The SMILES string of the molecule is CCc1ccc(CC(=O)CCC(C)C)s1. The van der Waals surface area contributed by atoms with Gasteiger partial charge in [0.15, 0.2) is 0 Å². The molecule has 1 heterocycles. The number of hydrogen-bond donors (Lipinski definition) is 0. The van der Waals surface area contributed by atoms with Gasteiger partial charge >= 0.3 is 0 Å². The van der Waals surface area contributed by atoms with Crippen LogP contribution in [0.25, 0.3) is 0 Å². The lowest BCUT2D eigenvalue weighted by atomic mass is 10.0. The molecule has 1 nitrogen and oxygen atoms in total. The third kappa shape index (κ3) is 4.61. The lowest BCUT2D eigenvalue weighted by Crippen LogP contribution is -2.02. The molecule has 1 aromatic heterocycles. The fourth-order valence-corrected chi connectivity index (χ4v) is 2.43. The van der Waals surface area contributed by atoms with Gasteiger partial charge in [0.2, 0.25) is 0 Å². The van der Waals surface area contributed by atoms with Gasteiger partial charge in [-0.1, -0.05) is 20.8 Å². The average Bonchev–Trinajstić information content (AvgIpc) is 2.62. The summed E-state index contributed by atoms with van der Waals surface area (Å²) in [5.74, 6) is 1.01. The standard InChI is InChI=1S/C13H20OS/c1-4-12-7-8-13(15-12)9-11(14)6-5-10(2)3/h7-8,10H,4-6,9H2,1-3H3. The predicted molar refractivity (Wildman–Crippen MR) is 66.5 cm³/mol. The van der Waals surface area contributed by atoms with Crippen LogP contribution < -0.4 is 0 Å². The minimum Gasteiger partial charge on any atom is -0.299 e. The Balaban J connectivity index is 2.37. The van der Waals surface area contributed by atoms with Gasteiger partial charge in [0, 0.05) is 22.6 Å². The maximum Gasteiger partial charge on any atom is 0.138 e. The van der Waals surface area contributed by atoms with E-state index < -0.39 is 0 Å². The van der Waals surface area contributed by atoms with Crippen LogP contribution in [0.2, 0.25) is 0 Å². The van der Waals surface area contributed by atoms with Crippen LogP contribution in [0.3, 0.4) is 0 Å². The Morgan fingerprint density at radius 1 is 1.33 bits per heavy atom. The van der Waals surface area contributed by atoms with Crippen molar-refractivity contribution in [2.45, 2.75) is 46.5 Å². The summed E-state index contributed by atoms with van der Waals surface area (Å²) in [6.07, 6.45) is 3.46. The monoisotopic (exact) mass is 224 g/mol. The maximum atomic E-state index is 11.6. The number of aryl methyl sites for hydroxylation is 1. The van der Waals surface area contributed by atoms with E-state index >= 15 is 0 Å². The van der Waals surface area contributed by atoms with Crippen LogP contribution in [0, 0.1) is 5.92 Å². The Hall–Kier alpha value is -0.630. The third-order valence-electron chi connectivity index (χ3n) is 2.44. The van der Waals surface area contributed by atoms with E-state index in [2.05, 4.69) is 32.9 Å². The number of hydrogen-bond acceptors (Lipinski definition) is 2. The Morgan fingerprint density at radius 2 is 2.00 bits per heavy atom. The topological polar surface area (TPSA) is 17.1 Å². The van der Waals surface area contributed by atoms with Crippen molar-refractivity contribution in [1.82, 2.24) is 0 Å². The molecule has 0 saturated carbocycles. The first-order chi connectivity index (χ1) is 7.11. The first kappa shape index (κ1) is 12.4. The molecule has 0 radical (unpaired) electrons. The summed E-state index contributed by atoms with van der Waals surface area (Å²) < 4.78 is 0. The molecule has 0 aliphatic rings. The van der Waals surface area contributed by atoms with Crippen LogP contribution in [0.4, 0.5) is 0 Å². The van der Waals surface area contributed by atoms with E-state index in [1.54, 1.807) is 11.3 Å². The first-order valence-electron chi connectivity index (χ1n) is 5.71. The molecule has 0 amide bonds. The zero-order valence-corrected chi connectivity index (χ0v) is 10.7. The van der Waals surface area contributed by atoms with E-state index in [0.717, 1.165) is 19.3 Å². The lowest BCUT2D eigenvalue weighted by Gasteiger charge is -2.02. The summed E-state index contributed by atoms with van der Waals surface area (Å²) in [7, 11) is 0. The van der Waals surface area contributed by atoms with Crippen LogP contribution in [0.1, 0.15) is 43.4 Å². The molecule has 0 unspecified atom stereocenters. The number of rotatable bonds is 6. The van der Waals surface area contributed by atoms with Crippen LogP contribution >= 0.6 is 11.3 Å². The number of carbonyl (C=O) groups excluding carboxylic acids is 1.